The van der Waals surface area contributed by atoms with E-state index in [-0.39, 0.29) is 41.8 Å². The zero-order valence-electron chi connectivity index (χ0n) is 19.8. The number of methoxy groups -OCH3 is 2. The third kappa shape index (κ3) is 8.57. The average Bonchev–Trinajstić information content (AvgIpc) is 2.78. The topological polar surface area (TPSA) is 75.2 Å². The molecule has 7 nitrogen and oxygen atoms in total. The summed E-state index contributed by atoms with van der Waals surface area (Å²) < 4.78 is 10.6. The highest BCUT2D eigenvalue weighted by Gasteiger charge is 2.22. The van der Waals surface area contributed by atoms with Crippen LogP contribution in [0.25, 0.3) is 0 Å². The van der Waals surface area contributed by atoms with Crippen molar-refractivity contribution in [2.24, 2.45) is 4.99 Å². The van der Waals surface area contributed by atoms with Crippen LogP contribution in [0.4, 0.5) is 0 Å². The summed E-state index contributed by atoms with van der Waals surface area (Å²) in [5.74, 6) is 2.20. The van der Waals surface area contributed by atoms with Gasteiger partial charge in [-0.15, -0.1) is 24.0 Å². The van der Waals surface area contributed by atoms with Crippen LogP contribution >= 0.6 is 24.0 Å². The van der Waals surface area contributed by atoms with Crippen LogP contribution < -0.4 is 20.1 Å². The van der Waals surface area contributed by atoms with Gasteiger partial charge in [-0.3, -0.25) is 4.79 Å². The Labute approximate surface area is 208 Å². The highest BCUT2D eigenvalue weighted by molar-refractivity contribution is 14.0. The molecule has 0 aromatic heterocycles. The van der Waals surface area contributed by atoms with Crippen molar-refractivity contribution < 1.29 is 14.3 Å². The molecule has 0 bridgehead atoms. The predicted molar refractivity (Wildman–Crippen MR) is 140 cm³/mol. The van der Waals surface area contributed by atoms with Crippen molar-refractivity contribution in [1.82, 2.24) is 15.5 Å². The number of aliphatic imine (C=N–C) groups is 1. The Kier molecular flexibility index (Phi) is 11.3. The van der Waals surface area contributed by atoms with Crippen LogP contribution in [0.15, 0.2) is 53.5 Å². The van der Waals surface area contributed by atoms with Gasteiger partial charge in [0.25, 0.3) is 0 Å². The number of carbonyl (C=O) groups excluding carboxylic acids is 1. The van der Waals surface area contributed by atoms with E-state index in [0.29, 0.717) is 19.0 Å². The number of amides is 1. The van der Waals surface area contributed by atoms with Gasteiger partial charge in [-0.25, -0.2) is 4.99 Å². The van der Waals surface area contributed by atoms with Crippen LogP contribution in [-0.2, 0) is 16.8 Å². The number of guanidine groups is 1. The number of rotatable bonds is 9. The van der Waals surface area contributed by atoms with E-state index in [4.69, 9.17) is 9.47 Å². The lowest BCUT2D eigenvalue weighted by Crippen LogP contribution is -2.46. The smallest absolute Gasteiger partial charge is 0.241 e. The maximum absolute atomic E-state index is 12.0. The molecule has 2 rings (SSSR count). The number of carbonyl (C=O) groups is 1. The SMILES string of the molecule is COc1ccc(CN=C(NCC(=O)N(C)C)NCC(C)(C)c2cccc(OC)c2)cc1.I. The Morgan fingerprint density at radius 1 is 1.00 bits per heavy atom. The summed E-state index contributed by atoms with van der Waals surface area (Å²) in [5.41, 5.74) is 2.02. The number of nitrogens with one attached hydrogen (secondary N) is 2. The minimum Gasteiger partial charge on any atom is -0.497 e. The monoisotopic (exact) mass is 554 g/mol. The van der Waals surface area contributed by atoms with E-state index in [2.05, 4.69) is 35.5 Å². The Hall–Kier alpha value is -2.49. The van der Waals surface area contributed by atoms with Gasteiger partial charge in [-0.2, -0.15) is 0 Å². The molecule has 32 heavy (non-hydrogen) atoms. The highest BCUT2D eigenvalue weighted by Crippen LogP contribution is 2.25. The van der Waals surface area contributed by atoms with Gasteiger partial charge in [0.1, 0.15) is 11.5 Å². The molecule has 0 spiro atoms. The minimum absolute atomic E-state index is 0. The number of nitrogens with zero attached hydrogens (tertiary/aromatic N) is 2. The molecule has 0 aliphatic carbocycles. The number of hydrogen-bond donors (Lipinski definition) is 2. The van der Waals surface area contributed by atoms with Gasteiger partial charge < -0.3 is 25.0 Å². The van der Waals surface area contributed by atoms with E-state index >= 15 is 0 Å². The van der Waals surface area contributed by atoms with Crippen LogP contribution in [-0.4, -0.2) is 58.2 Å². The van der Waals surface area contributed by atoms with Gasteiger partial charge in [0.2, 0.25) is 5.91 Å². The second-order valence-electron chi connectivity index (χ2n) is 8.12. The molecule has 2 aromatic carbocycles. The number of ether oxygens (including phenoxy) is 2. The van der Waals surface area contributed by atoms with E-state index in [1.807, 2.05) is 42.5 Å². The third-order valence-corrected chi connectivity index (χ3v) is 5.03. The molecule has 0 atom stereocenters. The largest absolute Gasteiger partial charge is 0.497 e. The van der Waals surface area contributed by atoms with Gasteiger partial charge in [0.05, 0.1) is 27.3 Å². The quantitative estimate of drug-likeness (QED) is 0.283. The average molecular weight is 554 g/mol. The van der Waals surface area contributed by atoms with Crippen molar-refractivity contribution in [3.63, 3.8) is 0 Å². The molecule has 0 heterocycles. The first-order valence-corrected chi connectivity index (χ1v) is 10.2. The fourth-order valence-electron chi connectivity index (χ4n) is 2.84. The molecule has 2 aromatic rings. The normalized spacial score (nSPS) is 11.2. The number of likely N-dealkylation sites (N-methyl/N-ethyl adjacent to an activating group) is 1. The molecule has 176 valence electrons. The first-order valence-electron chi connectivity index (χ1n) is 10.2. The number of halogens is 1. The minimum atomic E-state index is -0.178. The molecule has 0 saturated heterocycles. The van der Waals surface area contributed by atoms with Crippen LogP contribution in [0, 0.1) is 0 Å². The van der Waals surface area contributed by atoms with Gasteiger partial charge in [-0.05, 0) is 35.4 Å². The van der Waals surface area contributed by atoms with Crippen LogP contribution in [0.3, 0.4) is 0 Å². The Morgan fingerprint density at radius 3 is 2.25 bits per heavy atom. The molecule has 0 aliphatic heterocycles. The highest BCUT2D eigenvalue weighted by atomic mass is 127. The van der Waals surface area contributed by atoms with Gasteiger partial charge in [-0.1, -0.05) is 38.1 Å². The fourth-order valence-corrected chi connectivity index (χ4v) is 2.84. The molecule has 0 aliphatic rings. The summed E-state index contributed by atoms with van der Waals surface area (Å²) in [5, 5.41) is 6.52. The van der Waals surface area contributed by atoms with Gasteiger partial charge >= 0.3 is 0 Å². The lowest BCUT2D eigenvalue weighted by molar-refractivity contribution is -0.127. The van der Waals surface area contributed by atoms with Crippen molar-refractivity contribution in [2.75, 3.05) is 41.4 Å². The number of hydrogen-bond acceptors (Lipinski definition) is 4. The Morgan fingerprint density at radius 2 is 1.66 bits per heavy atom. The van der Waals surface area contributed by atoms with Crippen molar-refractivity contribution in [1.29, 1.82) is 0 Å². The molecule has 8 heteroatoms. The van der Waals surface area contributed by atoms with Crippen LogP contribution in [0.1, 0.15) is 25.0 Å². The lowest BCUT2D eigenvalue weighted by Gasteiger charge is -2.27. The van der Waals surface area contributed by atoms with Crippen molar-refractivity contribution in [3.05, 3.63) is 59.7 Å². The second kappa shape index (κ2) is 13.1. The van der Waals surface area contributed by atoms with Crippen molar-refractivity contribution >= 4 is 35.8 Å². The van der Waals surface area contributed by atoms with E-state index in [1.165, 1.54) is 0 Å². The van der Waals surface area contributed by atoms with Crippen molar-refractivity contribution in [2.45, 2.75) is 25.8 Å². The first-order chi connectivity index (χ1) is 14.7. The summed E-state index contributed by atoms with van der Waals surface area (Å²) in [4.78, 5) is 18.3. The molecule has 2 N–H and O–H groups in total. The molecule has 0 saturated carbocycles. The maximum Gasteiger partial charge on any atom is 0.241 e. The third-order valence-electron chi connectivity index (χ3n) is 5.03. The first kappa shape index (κ1) is 27.5. The summed E-state index contributed by atoms with van der Waals surface area (Å²) in [6.07, 6.45) is 0. The molecule has 0 radical (unpaired) electrons. The Bertz CT molecular complexity index is 883. The molecule has 1 amide bonds. The zero-order chi connectivity index (χ0) is 22.9. The maximum atomic E-state index is 12.0. The summed E-state index contributed by atoms with van der Waals surface area (Å²) in [7, 11) is 6.78. The second-order valence-corrected chi connectivity index (χ2v) is 8.12. The van der Waals surface area contributed by atoms with Gasteiger partial charge in [0.15, 0.2) is 5.96 Å². The number of benzene rings is 2. The Balaban J connectivity index is 0.00000512. The standard InChI is InChI=1S/C24H34N4O3.HI/c1-24(2,19-8-7-9-21(14-19)31-6)17-27-23(26-16-22(29)28(3)4)25-15-18-10-12-20(30-5)13-11-18;/h7-14H,15-17H2,1-6H3,(H2,25,26,27);1H. The lowest BCUT2D eigenvalue weighted by atomic mass is 9.84. The van der Waals surface area contributed by atoms with Crippen LogP contribution in [0.2, 0.25) is 0 Å². The summed E-state index contributed by atoms with van der Waals surface area (Å²) >= 11 is 0. The molecular weight excluding hydrogens is 519 g/mol. The molecule has 0 unspecified atom stereocenters. The zero-order valence-corrected chi connectivity index (χ0v) is 22.1. The van der Waals surface area contributed by atoms with Gasteiger partial charge in [0, 0.05) is 26.1 Å². The van der Waals surface area contributed by atoms with Crippen LogP contribution in [0.5, 0.6) is 11.5 Å². The predicted octanol–water partition coefficient (Wildman–Crippen LogP) is 3.42. The summed E-state index contributed by atoms with van der Waals surface area (Å²) in [6.45, 7) is 5.59. The molecule has 0 fully saturated rings. The van der Waals surface area contributed by atoms with E-state index in [1.54, 1.807) is 33.2 Å². The van der Waals surface area contributed by atoms with Crippen molar-refractivity contribution in [3.8, 4) is 11.5 Å². The molecular formula is C24H35IN4O3. The fraction of sp³-hybridized carbons (Fsp3) is 0.417. The van der Waals surface area contributed by atoms with E-state index in [0.717, 1.165) is 22.6 Å². The van der Waals surface area contributed by atoms with E-state index in [9.17, 15) is 4.79 Å². The summed E-state index contributed by atoms with van der Waals surface area (Å²) in [6, 6.07) is 15.8. The van der Waals surface area contributed by atoms with E-state index < -0.39 is 0 Å².